The van der Waals surface area contributed by atoms with Crippen molar-refractivity contribution in [2.75, 3.05) is 6.54 Å². The minimum Gasteiger partial charge on any atom is -0.356 e. The Kier molecular flexibility index (Phi) is 3.65. The van der Waals surface area contributed by atoms with Crippen LogP contribution < -0.4 is 0 Å². The van der Waals surface area contributed by atoms with E-state index in [0.717, 1.165) is 27.9 Å². The molecule has 0 spiro atoms. The number of imide groups is 1. The molecule has 2 aliphatic rings. The van der Waals surface area contributed by atoms with Gasteiger partial charge >= 0.3 is 6.03 Å². The molecule has 138 valence electrons. The number of nitrogens with zero attached hydrogens (tertiary/aromatic N) is 2. The fraction of sp³-hybridized carbons (Fsp3) is 0.333. The highest BCUT2D eigenvalue weighted by atomic mass is 32.1. The molecule has 1 fully saturated rings. The number of thiophene rings is 1. The Balaban J connectivity index is 1.74. The van der Waals surface area contributed by atoms with E-state index in [-0.39, 0.29) is 18.0 Å². The fourth-order valence-corrected chi connectivity index (χ4v) is 5.51. The zero-order valence-corrected chi connectivity index (χ0v) is 16.2. The zero-order valence-electron chi connectivity index (χ0n) is 15.4. The van der Waals surface area contributed by atoms with Gasteiger partial charge in [0.05, 0.1) is 0 Å². The molecule has 1 aromatic carbocycles. The largest absolute Gasteiger partial charge is 0.356 e. The quantitative estimate of drug-likeness (QED) is 0.697. The van der Waals surface area contributed by atoms with E-state index in [2.05, 4.69) is 36.2 Å². The van der Waals surface area contributed by atoms with Crippen molar-refractivity contribution in [3.63, 3.8) is 0 Å². The van der Waals surface area contributed by atoms with Crippen LogP contribution in [0.1, 0.15) is 40.9 Å². The van der Waals surface area contributed by atoms with E-state index in [9.17, 15) is 9.59 Å². The van der Waals surface area contributed by atoms with E-state index in [1.54, 1.807) is 16.2 Å². The Labute approximate surface area is 161 Å². The molecule has 4 heterocycles. The van der Waals surface area contributed by atoms with Crippen molar-refractivity contribution in [1.29, 1.82) is 0 Å². The first-order chi connectivity index (χ1) is 13.1. The number of aryl methyl sites for hydroxylation is 1. The summed E-state index contributed by atoms with van der Waals surface area (Å²) in [4.78, 5) is 35.2. The average molecular weight is 379 g/mol. The number of aromatic nitrogens is 1. The van der Waals surface area contributed by atoms with Crippen LogP contribution in [0.2, 0.25) is 0 Å². The van der Waals surface area contributed by atoms with Gasteiger partial charge in [-0.15, -0.1) is 11.3 Å². The predicted octanol–water partition coefficient (Wildman–Crippen LogP) is 4.09. The lowest BCUT2D eigenvalue weighted by Crippen LogP contribution is -2.43. The highest BCUT2D eigenvalue weighted by Gasteiger charge is 2.52. The van der Waals surface area contributed by atoms with Gasteiger partial charge < -0.3 is 4.98 Å². The zero-order chi connectivity index (χ0) is 18.7. The summed E-state index contributed by atoms with van der Waals surface area (Å²) in [5.74, 6) is -0.0734. The Morgan fingerprint density at radius 2 is 1.96 bits per heavy atom. The summed E-state index contributed by atoms with van der Waals surface area (Å²) >= 11 is 1.73. The van der Waals surface area contributed by atoms with Crippen molar-refractivity contribution in [3.05, 3.63) is 57.4 Å². The van der Waals surface area contributed by atoms with E-state index in [1.807, 2.05) is 19.1 Å². The van der Waals surface area contributed by atoms with Crippen LogP contribution in [0.25, 0.3) is 10.9 Å². The topological polar surface area (TPSA) is 56.4 Å². The first-order valence-electron chi connectivity index (χ1n) is 9.45. The van der Waals surface area contributed by atoms with Gasteiger partial charge in [0.1, 0.15) is 12.1 Å². The summed E-state index contributed by atoms with van der Waals surface area (Å²) in [6.45, 7) is 4.41. The van der Waals surface area contributed by atoms with Crippen LogP contribution in [0.4, 0.5) is 4.79 Å². The van der Waals surface area contributed by atoms with E-state index in [4.69, 9.17) is 0 Å². The lowest BCUT2D eigenvalue weighted by molar-refractivity contribution is -0.128. The maximum Gasteiger partial charge on any atom is 0.328 e. The van der Waals surface area contributed by atoms with Crippen LogP contribution in [-0.4, -0.2) is 39.3 Å². The number of fused-ring (bicyclic) bond motifs is 4. The van der Waals surface area contributed by atoms with Gasteiger partial charge in [-0.3, -0.25) is 14.6 Å². The summed E-state index contributed by atoms with van der Waals surface area (Å²) < 4.78 is 0. The second-order valence-electron chi connectivity index (χ2n) is 7.12. The summed E-state index contributed by atoms with van der Waals surface area (Å²) in [7, 11) is 0. The first-order valence-corrected chi connectivity index (χ1v) is 10.3. The highest BCUT2D eigenvalue weighted by molar-refractivity contribution is 7.12. The van der Waals surface area contributed by atoms with E-state index >= 15 is 0 Å². The summed E-state index contributed by atoms with van der Waals surface area (Å²) in [6.07, 6.45) is 1.54. The van der Waals surface area contributed by atoms with Gasteiger partial charge in [0, 0.05) is 39.3 Å². The maximum absolute atomic E-state index is 13.1. The van der Waals surface area contributed by atoms with Gasteiger partial charge in [0.25, 0.3) is 5.91 Å². The van der Waals surface area contributed by atoms with E-state index < -0.39 is 6.04 Å². The maximum atomic E-state index is 13.1. The number of nitrogens with one attached hydrogen (secondary N) is 1. The Morgan fingerprint density at radius 1 is 1.15 bits per heavy atom. The van der Waals surface area contributed by atoms with Crippen molar-refractivity contribution >= 4 is 34.2 Å². The van der Waals surface area contributed by atoms with Crippen LogP contribution >= 0.6 is 11.3 Å². The van der Waals surface area contributed by atoms with Gasteiger partial charge in [-0.1, -0.05) is 25.1 Å². The van der Waals surface area contributed by atoms with Gasteiger partial charge in [-0.25, -0.2) is 4.79 Å². The normalized spacial score (nSPS) is 21.9. The van der Waals surface area contributed by atoms with Crippen molar-refractivity contribution in [2.45, 2.75) is 38.8 Å². The monoisotopic (exact) mass is 379 g/mol. The fourth-order valence-electron chi connectivity index (χ4n) is 4.45. The number of aromatic amines is 1. The highest BCUT2D eigenvalue weighted by Crippen LogP contribution is 2.45. The van der Waals surface area contributed by atoms with Crippen LogP contribution in [0.5, 0.6) is 0 Å². The number of benzene rings is 1. The van der Waals surface area contributed by atoms with Crippen LogP contribution in [0, 0.1) is 0 Å². The SMILES string of the molecule is CCc1ccc([C@H]2c3[nH]c4ccccc4c3C[C@@H]3C(=O)N(CC)C(=O)N23)s1. The lowest BCUT2D eigenvalue weighted by Gasteiger charge is -2.35. The number of likely N-dealkylation sites (N-methyl/N-ethyl adjacent to an activating group) is 1. The van der Waals surface area contributed by atoms with Gasteiger partial charge in [-0.05, 0) is 37.1 Å². The smallest absolute Gasteiger partial charge is 0.328 e. The molecule has 0 bridgehead atoms. The molecule has 2 atom stereocenters. The molecule has 27 heavy (non-hydrogen) atoms. The number of amides is 3. The third-order valence-corrected chi connectivity index (χ3v) is 7.03. The lowest BCUT2D eigenvalue weighted by atomic mass is 9.91. The van der Waals surface area contributed by atoms with Crippen molar-refractivity contribution in [2.24, 2.45) is 0 Å². The molecule has 6 heteroatoms. The molecule has 2 aliphatic heterocycles. The summed E-state index contributed by atoms with van der Waals surface area (Å²) in [5.41, 5.74) is 3.28. The first kappa shape index (κ1) is 16.6. The molecule has 5 nitrogen and oxygen atoms in total. The molecule has 0 saturated carbocycles. The molecular formula is C21H21N3O2S. The standard InChI is InChI=1S/C21H21N3O2S/c1-3-12-9-10-17(27-12)19-18-14(13-7-5-6-8-15(13)22-18)11-16-20(25)23(4-2)21(26)24(16)19/h5-10,16,19,22H,3-4,11H2,1-2H3/t16-,19+/m1/s1. The second-order valence-corrected chi connectivity index (χ2v) is 8.32. The van der Waals surface area contributed by atoms with E-state index in [0.29, 0.717) is 13.0 Å². The number of hydrogen-bond donors (Lipinski definition) is 1. The van der Waals surface area contributed by atoms with Crippen molar-refractivity contribution < 1.29 is 9.59 Å². The minimum absolute atomic E-state index is 0.0734. The van der Waals surface area contributed by atoms with Gasteiger partial charge in [0.2, 0.25) is 0 Å². The Morgan fingerprint density at radius 3 is 2.70 bits per heavy atom. The molecule has 1 saturated heterocycles. The molecule has 0 aliphatic carbocycles. The van der Waals surface area contributed by atoms with Gasteiger partial charge in [-0.2, -0.15) is 0 Å². The number of H-pyrrole nitrogens is 1. The second kappa shape index (κ2) is 5.96. The number of para-hydroxylation sites is 1. The molecule has 5 rings (SSSR count). The predicted molar refractivity (Wildman–Crippen MR) is 106 cm³/mol. The number of rotatable bonds is 3. The Hall–Kier alpha value is -2.60. The summed E-state index contributed by atoms with van der Waals surface area (Å²) in [6, 6.07) is 11.6. The molecule has 1 N–H and O–H groups in total. The van der Waals surface area contributed by atoms with E-state index in [1.165, 1.54) is 15.3 Å². The van der Waals surface area contributed by atoms with Crippen molar-refractivity contribution in [3.8, 4) is 0 Å². The molecule has 2 aromatic heterocycles. The third kappa shape index (κ3) is 2.22. The summed E-state index contributed by atoms with van der Waals surface area (Å²) in [5, 5.41) is 1.15. The third-order valence-electron chi connectivity index (χ3n) is 5.75. The van der Waals surface area contributed by atoms with Gasteiger partial charge in [0.15, 0.2) is 0 Å². The molecular weight excluding hydrogens is 358 g/mol. The molecule has 3 amide bonds. The minimum atomic E-state index is -0.415. The molecule has 3 aromatic rings. The van der Waals surface area contributed by atoms with Crippen LogP contribution in [0.3, 0.4) is 0 Å². The number of urea groups is 1. The molecule has 0 radical (unpaired) electrons. The van der Waals surface area contributed by atoms with Crippen LogP contribution in [0.15, 0.2) is 36.4 Å². The van der Waals surface area contributed by atoms with Crippen LogP contribution in [-0.2, 0) is 17.6 Å². The number of carbonyl (C=O) groups excluding carboxylic acids is 2. The average Bonchev–Trinajstić information content (AvgIpc) is 3.36. The number of hydrogen-bond acceptors (Lipinski definition) is 3. The molecule has 0 unspecified atom stereocenters. The van der Waals surface area contributed by atoms with Crippen molar-refractivity contribution in [1.82, 2.24) is 14.8 Å². The number of carbonyl (C=O) groups is 2. The Bertz CT molecular complexity index is 1070.